The number of rotatable bonds is 3. The number of aryl methyl sites for hydroxylation is 1. The van der Waals surface area contributed by atoms with Crippen molar-refractivity contribution in [2.45, 2.75) is 20.0 Å². The highest BCUT2D eigenvalue weighted by Crippen LogP contribution is 2.17. The summed E-state index contributed by atoms with van der Waals surface area (Å²) in [5.74, 6) is 0.924. The second-order valence-corrected chi connectivity index (χ2v) is 3.56. The Bertz CT molecular complexity index is 476. The number of nitrogens with two attached hydrogens (primary N) is 1. The lowest BCUT2D eigenvalue weighted by atomic mass is 10.2. The Morgan fingerprint density at radius 2 is 2.27 bits per heavy atom. The van der Waals surface area contributed by atoms with E-state index >= 15 is 0 Å². The summed E-state index contributed by atoms with van der Waals surface area (Å²) in [5, 5.41) is 8.95. The van der Waals surface area contributed by atoms with Gasteiger partial charge in [0.25, 0.3) is 0 Å². The van der Waals surface area contributed by atoms with Gasteiger partial charge in [-0.25, -0.2) is 4.98 Å². The minimum absolute atomic E-state index is 0.130. The van der Waals surface area contributed by atoms with Crippen LogP contribution in [0.2, 0.25) is 0 Å². The summed E-state index contributed by atoms with van der Waals surface area (Å²) < 4.78 is 2.01. The molecule has 1 aromatic carbocycles. The molecular weight excluding hydrogens is 190 g/mol. The molecule has 0 bridgehead atoms. The van der Waals surface area contributed by atoms with Gasteiger partial charge in [-0.2, -0.15) is 0 Å². The van der Waals surface area contributed by atoms with E-state index in [1.54, 1.807) is 0 Å². The van der Waals surface area contributed by atoms with Crippen molar-refractivity contribution in [3.63, 3.8) is 0 Å². The van der Waals surface area contributed by atoms with Crippen LogP contribution < -0.4 is 5.73 Å². The molecule has 4 nitrogen and oxygen atoms in total. The minimum atomic E-state index is 0.130. The van der Waals surface area contributed by atoms with E-state index in [1.165, 1.54) is 0 Å². The monoisotopic (exact) mass is 205 g/mol. The Labute approximate surface area is 88.3 Å². The smallest absolute Gasteiger partial charge is 0.106 e. The number of imidazole rings is 1. The van der Waals surface area contributed by atoms with Crippen LogP contribution in [-0.2, 0) is 13.1 Å². The van der Waals surface area contributed by atoms with Crippen LogP contribution >= 0.6 is 0 Å². The van der Waals surface area contributed by atoms with Crippen LogP contribution in [0.3, 0.4) is 0 Å². The molecule has 4 heteroatoms. The fourth-order valence-electron chi connectivity index (χ4n) is 1.81. The molecule has 0 radical (unpaired) electrons. The van der Waals surface area contributed by atoms with Gasteiger partial charge in [0.1, 0.15) is 5.82 Å². The molecule has 0 atom stereocenters. The number of hydrogen-bond donors (Lipinski definition) is 2. The molecule has 0 saturated heterocycles. The van der Waals surface area contributed by atoms with E-state index in [1.807, 2.05) is 29.7 Å². The number of aliphatic hydroxyl groups excluding tert-OH is 1. The van der Waals surface area contributed by atoms with E-state index in [0.29, 0.717) is 13.1 Å². The van der Waals surface area contributed by atoms with Crippen LogP contribution in [0.4, 0.5) is 0 Å². The van der Waals surface area contributed by atoms with Crippen LogP contribution in [-0.4, -0.2) is 21.3 Å². The fraction of sp³-hybridized carbons (Fsp3) is 0.364. The molecule has 3 N–H and O–H groups in total. The lowest BCUT2D eigenvalue weighted by Gasteiger charge is -2.03. The molecule has 0 aliphatic rings. The third-order valence-corrected chi connectivity index (χ3v) is 2.56. The molecule has 0 amide bonds. The molecule has 2 aromatic rings. The Balaban J connectivity index is 2.58. The first-order valence-corrected chi connectivity index (χ1v) is 5.03. The van der Waals surface area contributed by atoms with Gasteiger partial charge in [0.05, 0.1) is 17.6 Å². The van der Waals surface area contributed by atoms with Crippen molar-refractivity contribution in [3.05, 3.63) is 29.6 Å². The van der Waals surface area contributed by atoms with E-state index in [2.05, 4.69) is 4.98 Å². The summed E-state index contributed by atoms with van der Waals surface area (Å²) in [6.45, 7) is 3.19. The van der Waals surface area contributed by atoms with Crippen molar-refractivity contribution in [1.82, 2.24) is 9.55 Å². The van der Waals surface area contributed by atoms with Crippen LogP contribution in [0.15, 0.2) is 18.2 Å². The summed E-state index contributed by atoms with van der Waals surface area (Å²) in [6.07, 6.45) is 0. The van der Waals surface area contributed by atoms with Gasteiger partial charge in [0.2, 0.25) is 0 Å². The van der Waals surface area contributed by atoms with E-state index < -0.39 is 0 Å². The average molecular weight is 205 g/mol. The number of hydrogen-bond acceptors (Lipinski definition) is 3. The lowest BCUT2D eigenvalue weighted by Crippen LogP contribution is -2.03. The van der Waals surface area contributed by atoms with Gasteiger partial charge in [-0.15, -0.1) is 0 Å². The third-order valence-electron chi connectivity index (χ3n) is 2.56. The fourth-order valence-corrected chi connectivity index (χ4v) is 1.81. The van der Waals surface area contributed by atoms with Gasteiger partial charge in [-0.05, 0) is 24.6 Å². The van der Waals surface area contributed by atoms with Crippen molar-refractivity contribution >= 4 is 11.0 Å². The summed E-state index contributed by atoms with van der Waals surface area (Å²) in [6, 6.07) is 6.00. The van der Waals surface area contributed by atoms with Gasteiger partial charge in [0, 0.05) is 13.1 Å². The summed E-state index contributed by atoms with van der Waals surface area (Å²) in [4.78, 5) is 4.44. The van der Waals surface area contributed by atoms with E-state index in [0.717, 1.165) is 22.4 Å². The third kappa shape index (κ3) is 1.73. The Morgan fingerprint density at radius 3 is 2.93 bits per heavy atom. The van der Waals surface area contributed by atoms with Crippen LogP contribution in [0.25, 0.3) is 11.0 Å². The Hall–Kier alpha value is -1.39. The molecule has 1 aromatic heterocycles. The maximum Gasteiger partial charge on any atom is 0.106 e. The number of fused-ring (bicyclic) bond motifs is 1. The lowest BCUT2D eigenvalue weighted by molar-refractivity contribution is 0.276. The van der Waals surface area contributed by atoms with Crippen molar-refractivity contribution < 1.29 is 5.11 Å². The molecule has 0 spiro atoms. The first-order chi connectivity index (χ1) is 7.26. The average Bonchev–Trinajstić information content (AvgIpc) is 2.55. The number of aromatic nitrogens is 2. The van der Waals surface area contributed by atoms with E-state index in [4.69, 9.17) is 10.8 Å². The first-order valence-electron chi connectivity index (χ1n) is 5.03. The Kier molecular flexibility index (Phi) is 2.70. The van der Waals surface area contributed by atoms with Gasteiger partial charge in [0.15, 0.2) is 0 Å². The normalized spacial score (nSPS) is 11.1. The molecule has 0 saturated carbocycles. The zero-order valence-corrected chi connectivity index (χ0v) is 8.77. The quantitative estimate of drug-likeness (QED) is 0.778. The molecule has 1 heterocycles. The van der Waals surface area contributed by atoms with Gasteiger partial charge < -0.3 is 15.4 Å². The van der Waals surface area contributed by atoms with Crippen molar-refractivity contribution in [3.8, 4) is 0 Å². The van der Waals surface area contributed by atoms with Crippen molar-refractivity contribution in [1.29, 1.82) is 0 Å². The second-order valence-electron chi connectivity index (χ2n) is 3.56. The number of aliphatic hydroxyl groups is 1. The highest BCUT2D eigenvalue weighted by Gasteiger charge is 2.06. The molecular formula is C11H15N3O. The molecule has 80 valence electrons. The second kappa shape index (κ2) is 4.00. The maximum atomic E-state index is 8.95. The summed E-state index contributed by atoms with van der Waals surface area (Å²) >= 11 is 0. The summed E-state index contributed by atoms with van der Waals surface area (Å²) in [5.41, 5.74) is 8.65. The maximum absolute atomic E-state index is 8.95. The van der Waals surface area contributed by atoms with Crippen molar-refractivity contribution in [2.75, 3.05) is 6.61 Å². The summed E-state index contributed by atoms with van der Waals surface area (Å²) in [7, 11) is 0. The Morgan fingerprint density at radius 1 is 1.47 bits per heavy atom. The topological polar surface area (TPSA) is 64.1 Å². The van der Waals surface area contributed by atoms with Gasteiger partial charge in [-0.3, -0.25) is 0 Å². The first kappa shape index (κ1) is 10.1. The molecule has 0 fully saturated rings. The molecule has 0 aliphatic heterocycles. The molecule has 0 aliphatic carbocycles. The zero-order valence-electron chi connectivity index (χ0n) is 8.77. The van der Waals surface area contributed by atoms with Gasteiger partial charge in [-0.1, -0.05) is 6.07 Å². The van der Waals surface area contributed by atoms with Gasteiger partial charge >= 0.3 is 0 Å². The standard InChI is InChI=1S/C11H15N3O/c1-8-13-10-6-9(7-12)2-3-11(10)14(8)4-5-15/h2-3,6,15H,4-5,7,12H2,1H3. The highest BCUT2D eigenvalue weighted by atomic mass is 16.3. The number of nitrogens with zero attached hydrogens (tertiary/aromatic N) is 2. The van der Waals surface area contributed by atoms with Crippen molar-refractivity contribution in [2.24, 2.45) is 5.73 Å². The van der Waals surface area contributed by atoms with E-state index in [9.17, 15) is 0 Å². The predicted octanol–water partition coefficient (Wildman–Crippen LogP) is 0.796. The van der Waals surface area contributed by atoms with Crippen LogP contribution in [0.1, 0.15) is 11.4 Å². The molecule has 2 rings (SSSR count). The van der Waals surface area contributed by atoms with Crippen LogP contribution in [0.5, 0.6) is 0 Å². The molecule has 0 unspecified atom stereocenters. The largest absolute Gasteiger partial charge is 0.395 e. The SMILES string of the molecule is Cc1nc2cc(CN)ccc2n1CCO. The van der Waals surface area contributed by atoms with Crippen LogP contribution in [0, 0.1) is 6.92 Å². The predicted molar refractivity (Wildman–Crippen MR) is 59.4 cm³/mol. The minimum Gasteiger partial charge on any atom is -0.395 e. The van der Waals surface area contributed by atoms with E-state index in [-0.39, 0.29) is 6.61 Å². The zero-order chi connectivity index (χ0) is 10.8. The molecule has 15 heavy (non-hydrogen) atoms. The number of benzene rings is 1. The highest BCUT2D eigenvalue weighted by molar-refractivity contribution is 5.76.